The second kappa shape index (κ2) is 12.6. The number of amides is 1. The lowest BCUT2D eigenvalue weighted by Crippen LogP contribution is -2.28. The molecule has 1 aromatic heterocycles. The number of benzene rings is 2. The maximum atomic E-state index is 12.6. The molecule has 0 atom stereocenters. The van der Waals surface area contributed by atoms with Gasteiger partial charge in [0.15, 0.2) is 6.61 Å². The van der Waals surface area contributed by atoms with E-state index < -0.39 is 5.97 Å². The second-order valence-electron chi connectivity index (χ2n) is 6.64. The topological polar surface area (TPSA) is 113 Å². The smallest absolute Gasteiger partial charge is 0.339 e. The Kier molecular flexibility index (Phi) is 9.28. The first-order valence-electron chi connectivity index (χ1n) is 10.3. The van der Waals surface area contributed by atoms with Crippen molar-refractivity contribution in [2.75, 3.05) is 32.6 Å². The van der Waals surface area contributed by atoms with Gasteiger partial charge in [-0.2, -0.15) is 4.98 Å². The van der Waals surface area contributed by atoms with Gasteiger partial charge in [-0.1, -0.05) is 29.4 Å². The van der Waals surface area contributed by atoms with E-state index >= 15 is 0 Å². The molecule has 9 nitrogen and oxygen atoms in total. The van der Waals surface area contributed by atoms with E-state index in [1.807, 2.05) is 31.2 Å². The molecule has 0 aliphatic rings. The molecule has 3 aromatic rings. The summed E-state index contributed by atoms with van der Waals surface area (Å²) in [6, 6.07) is 14.3. The number of thioether (sulfide) groups is 1. The Morgan fingerprint density at radius 2 is 1.91 bits per heavy atom. The minimum absolute atomic E-state index is 0.147. The van der Waals surface area contributed by atoms with Crippen LogP contribution in [0, 0.1) is 0 Å². The third kappa shape index (κ3) is 7.06. The number of aromatic nitrogens is 2. The van der Waals surface area contributed by atoms with Gasteiger partial charge >= 0.3 is 5.97 Å². The lowest BCUT2D eigenvalue weighted by molar-refractivity contribution is -0.118. The van der Waals surface area contributed by atoms with Crippen LogP contribution in [0.1, 0.15) is 23.2 Å². The molecule has 0 saturated carbocycles. The fourth-order valence-corrected chi connectivity index (χ4v) is 3.68. The Labute approximate surface area is 195 Å². The Hall–Kier alpha value is -3.37. The van der Waals surface area contributed by atoms with Gasteiger partial charge in [-0.3, -0.25) is 4.79 Å². The highest BCUT2D eigenvalue weighted by Gasteiger charge is 2.17. The minimum Gasteiger partial charge on any atom is -0.493 e. The molecule has 0 bridgehead atoms. The Balaban J connectivity index is 1.59. The van der Waals surface area contributed by atoms with Crippen molar-refractivity contribution < 1.29 is 28.3 Å². The molecular formula is C23H25N3O6S. The number of ether oxygens (including phenoxy) is 3. The summed E-state index contributed by atoms with van der Waals surface area (Å²) < 4.78 is 21.1. The van der Waals surface area contributed by atoms with Crippen molar-refractivity contribution in [1.82, 2.24) is 15.5 Å². The van der Waals surface area contributed by atoms with Crippen molar-refractivity contribution in [3.8, 4) is 17.1 Å². The maximum absolute atomic E-state index is 12.6. The average molecular weight is 472 g/mol. The van der Waals surface area contributed by atoms with Gasteiger partial charge in [0, 0.05) is 18.6 Å². The minimum atomic E-state index is -0.549. The maximum Gasteiger partial charge on any atom is 0.339 e. The van der Waals surface area contributed by atoms with E-state index in [0.29, 0.717) is 47.4 Å². The molecule has 1 N–H and O–H groups in total. The summed E-state index contributed by atoms with van der Waals surface area (Å²) in [7, 11) is 1.57. The summed E-state index contributed by atoms with van der Waals surface area (Å²) in [5.41, 5.74) is 1.04. The summed E-state index contributed by atoms with van der Waals surface area (Å²) in [6.45, 7) is 3.08. The summed E-state index contributed by atoms with van der Waals surface area (Å²) in [5.74, 6) is 0.619. The van der Waals surface area contributed by atoms with E-state index in [9.17, 15) is 9.59 Å². The first-order valence-corrected chi connectivity index (χ1v) is 11.3. The Morgan fingerprint density at radius 1 is 1.12 bits per heavy atom. The van der Waals surface area contributed by atoms with Crippen LogP contribution in [-0.4, -0.2) is 54.6 Å². The van der Waals surface area contributed by atoms with Gasteiger partial charge in [0.1, 0.15) is 5.75 Å². The van der Waals surface area contributed by atoms with Crippen molar-refractivity contribution in [2.45, 2.75) is 18.4 Å². The molecule has 0 radical (unpaired) electrons. The lowest BCUT2D eigenvalue weighted by atomic mass is 10.2. The van der Waals surface area contributed by atoms with Gasteiger partial charge < -0.3 is 24.1 Å². The fourth-order valence-electron chi connectivity index (χ4n) is 2.81. The van der Waals surface area contributed by atoms with Crippen LogP contribution in [0.25, 0.3) is 11.4 Å². The van der Waals surface area contributed by atoms with Crippen molar-refractivity contribution in [2.24, 2.45) is 0 Å². The van der Waals surface area contributed by atoms with Crippen LogP contribution >= 0.6 is 11.8 Å². The SMILES string of the molecule is CCOc1ccccc1-c1noc(COC(=O)c2ccccc2SCC(=O)NCCOC)n1. The normalized spacial score (nSPS) is 10.6. The van der Waals surface area contributed by atoms with Crippen molar-refractivity contribution in [3.63, 3.8) is 0 Å². The third-order valence-corrected chi connectivity index (χ3v) is 5.39. The van der Waals surface area contributed by atoms with E-state index in [1.54, 1.807) is 31.4 Å². The number of rotatable bonds is 12. The molecule has 0 aliphatic heterocycles. The molecular weight excluding hydrogens is 446 g/mol. The predicted molar refractivity (Wildman–Crippen MR) is 122 cm³/mol. The van der Waals surface area contributed by atoms with E-state index in [0.717, 1.165) is 0 Å². The molecule has 33 heavy (non-hydrogen) atoms. The van der Waals surface area contributed by atoms with Crippen LogP contribution in [0.4, 0.5) is 0 Å². The van der Waals surface area contributed by atoms with Crippen LogP contribution in [0.3, 0.4) is 0 Å². The van der Waals surface area contributed by atoms with E-state index in [4.69, 9.17) is 18.7 Å². The number of para-hydroxylation sites is 1. The first kappa shape index (κ1) is 24.3. The second-order valence-corrected chi connectivity index (χ2v) is 7.66. The first-order chi connectivity index (χ1) is 16.1. The zero-order chi connectivity index (χ0) is 23.5. The largest absolute Gasteiger partial charge is 0.493 e. The number of nitrogens with zero attached hydrogens (tertiary/aromatic N) is 2. The van der Waals surface area contributed by atoms with Gasteiger partial charge in [-0.25, -0.2) is 4.79 Å². The quantitative estimate of drug-likeness (QED) is 0.241. The summed E-state index contributed by atoms with van der Waals surface area (Å²) in [4.78, 5) is 29.5. The van der Waals surface area contributed by atoms with Crippen molar-refractivity contribution in [3.05, 3.63) is 60.0 Å². The van der Waals surface area contributed by atoms with Crippen LogP contribution in [0.15, 0.2) is 57.9 Å². The third-order valence-electron chi connectivity index (χ3n) is 4.32. The highest BCUT2D eigenvalue weighted by Crippen LogP contribution is 2.28. The standard InChI is InChI=1S/C23H25N3O6S/c1-3-30-18-10-6-4-8-16(18)22-25-21(32-26-22)14-31-23(28)17-9-5-7-11-19(17)33-15-20(27)24-12-13-29-2/h4-11H,3,12-15H2,1-2H3,(H,24,27). The molecule has 0 unspecified atom stereocenters. The number of esters is 1. The molecule has 2 aromatic carbocycles. The van der Waals surface area contributed by atoms with Gasteiger partial charge in [-0.05, 0) is 31.2 Å². The molecule has 0 spiro atoms. The van der Waals surface area contributed by atoms with Crippen LogP contribution in [-0.2, 0) is 20.9 Å². The number of carbonyl (C=O) groups excluding carboxylic acids is 2. The lowest BCUT2D eigenvalue weighted by Gasteiger charge is -2.09. The van der Waals surface area contributed by atoms with Gasteiger partial charge in [0.2, 0.25) is 11.7 Å². The number of hydrogen-bond donors (Lipinski definition) is 1. The highest BCUT2D eigenvalue weighted by atomic mass is 32.2. The number of carbonyl (C=O) groups is 2. The molecule has 0 aliphatic carbocycles. The number of methoxy groups -OCH3 is 1. The molecule has 0 fully saturated rings. The van der Waals surface area contributed by atoms with Gasteiger partial charge in [0.25, 0.3) is 5.89 Å². The summed E-state index contributed by atoms with van der Waals surface area (Å²) >= 11 is 1.25. The van der Waals surface area contributed by atoms with Crippen LogP contribution in [0.5, 0.6) is 5.75 Å². The predicted octanol–water partition coefficient (Wildman–Crippen LogP) is 3.35. The van der Waals surface area contributed by atoms with E-state index in [-0.39, 0.29) is 24.2 Å². The highest BCUT2D eigenvalue weighted by molar-refractivity contribution is 8.00. The molecule has 10 heteroatoms. The zero-order valence-electron chi connectivity index (χ0n) is 18.4. The van der Waals surface area contributed by atoms with Gasteiger partial charge in [-0.15, -0.1) is 11.8 Å². The van der Waals surface area contributed by atoms with Crippen LogP contribution in [0.2, 0.25) is 0 Å². The van der Waals surface area contributed by atoms with E-state index in [2.05, 4.69) is 15.5 Å². The number of hydrogen-bond acceptors (Lipinski definition) is 9. The van der Waals surface area contributed by atoms with E-state index in [1.165, 1.54) is 11.8 Å². The summed E-state index contributed by atoms with van der Waals surface area (Å²) in [6.07, 6.45) is 0. The zero-order valence-corrected chi connectivity index (χ0v) is 19.2. The fraction of sp³-hybridized carbons (Fsp3) is 0.304. The number of nitrogens with one attached hydrogen (secondary N) is 1. The Bertz CT molecular complexity index is 1070. The summed E-state index contributed by atoms with van der Waals surface area (Å²) in [5, 5.41) is 6.70. The molecule has 174 valence electrons. The molecule has 3 rings (SSSR count). The molecule has 0 saturated heterocycles. The van der Waals surface area contributed by atoms with Crippen molar-refractivity contribution in [1.29, 1.82) is 0 Å². The Morgan fingerprint density at radius 3 is 2.73 bits per heavy atom. The monoisotopic (exact) mass is 471 g/mol. The van der Waals surface area contributed by atoms with Gasteiger partial charge in [0.05, 0.1) is 30.1 Å². The van der Waals surface area contributed by atoms with Crippen LogP contribution < -0.4 is 10.1 Å². The average Bonchev–Trinajstić information content (AvgIpc) is 3.31. The van der Waals surface area contributed by atoms with Crippen molar-refractivity contribution >= 4 is 23.6 Å². The molecule has 1 amide bonds. The molecule has 1 heterocycles.